The van der Waals surface area contributed by atoms with Gasteiger partial charge >= 0.3 is 0 Å². The Morgan fingerprint density at radius 3 is 2.10 bits per heavy atom. The van der Waals surface area contributed by atoms with Crippen LogP contribution in [-0.4, -0.2) is 13.1 Å². The standard InChI is InChI=1S/C8H17N.CH4/c1-8(2,3)7-4-5-9-6-7;/h7,9H,4-6H2,1-3H3;1H4. The fourth-order valence-corrected chi connectivity index (χ4v) is 1.39. The second-order valence-electron chi connectivity index (χ2n) is 4.06. The van der Waals surface area contributed by atoms with Gasteiger partial charge in [0.15, 0.2) is 0 Å². The lowest BCUT2D eigenvalue weighted by Crippen LogP contribution is -2.22. The maximum atomic E-state index is 3.38. The van der Waals surface area contributed by atoms with Crippen molar-refractivity contribution in [3.8, 4) is 0 Å². The van der Waals surface area contributed by atoms with Crippen LogP contribution in [0.5, 0.6) is 0 Å². The van der Waals surface area contributed by atoms with Gasteiger partial charge in [0.05, 0.1) is 0 Å². The highest BCUT2D eigenvalue weighted by Gasteiger charge is 2.26. The summed E-state index contributed by atoms with van der Waals surface area (Å²) in [4.78, 5) is 0. The highest BCUT2D eigenvalue weighted by molar-refractivity contribution is 4.80. The van der Waals surface area contributed by atoms with Gasteiger partial charge in [-0.2, -0.15) is 0 Å². The van der Waals surface area contributed by atoms with Gasteiger partial charge < -0.3 is 5.32 Å². The molecule has 0 saturated carbocycles. The zero-order valence-electron chi connectivity index (χ0n) is 6.70. The van der Waals surface area contributed by atoms with Gasteiger partial charge in [-0.25, -0.2) is 0 Å². The Hall–Kier alpha value is -0.0400. The van der Waals surface area contributed by atoms with E-state index in [9.17, 15) is 0 Å². The summed E-state index contributed by atoms with van der Waals surface area (Å²) >= 11 is 0. The maximum absolute atomic E-state index is 3.38. The summed E-state index contributed by atoms with van der Waals surface area (Å²) in [5, 5.41) is 3.38. The third kappa shape index (κ3) is 2.30. The Morgan fingerprint density at radius 1 is 1.30 bits per heavy atom. The van der Waals surface area contributed by atoms with E-state index in [1.54, 1.807) is 0 Å². The van der Waals surface area contributed by atoms with Crippen molar-refractivity contribution < 1.29 is 0 Å². The maximum Gasteiger partial charge on any atom is -0.00150 e. The Balaban J connectivity index is 0.000000810. The minimum absolute atomic E-state index is 0. The second kappa shape index (κ2) is 3.38. The summed E-state index contributed by atoms with van der Waals surface area (Å²) in [6, 6.07) is 0. The van der Waals surface area contributed by atoms with E-state index in [4.69, 9.17) is 0 Å². The van der Waals surface area contributed by atoms with Crippen LogP contribution in [-0.2, 0) is 0 Å². The smallest absolute Gasteiger partial charge is 0.00150 e. The Labute approximate surface area is 65.2 Å². The monoisotopic (exact) mass is 143 g/mol. The average molecular weight is 143 g/mol. The minimum Gasteiger partial charge on any atom is -0.316 e. The van der Waals surface area contributed by atoms with Crippen LogP contribution in [0.3, 0.4) is 0 Å². The van der Waals surface area contributed by atoms with E-state index in [0.29, 0.717) is 5.41 Å². The van der Waals surface area contributed by atoms with E-state index in [1.807, 2.05) is 0 Å². The van der Waals surface area contributed by atoms with Gasteiger partial charge in [-0.05, 0) is 30.8 Å². The molecule has 1 heteroatoms. The zero-order valence-corrected chi connectivity index (χ0v) is 6.70. The van der Waals surface area contributed by atoms with Gasteiger partial charge in [-0.3, -0.25) is 0 Å². The first-order valence-electron chi connectivity index (χ1n) is 3.81. The highest BCUT2D eigenvalue weighted by Crippen LogP contribution is 2.29. The van der Waals surface area contributed by atoms with Crippen LogP contribution in [0.1, 0.15) is 34.6 Å². The van der Waals surface area contributed by atoms with E-state index < -0.39 is 0 Å². The summed E-state index contributed by atoms with van der Waals surface area (Å²) in [6.45, 7) is 9.42. The molecule has 62 valence electrons. The summed E-state index contributed by atoms with van der Waals surface area (Å²) in [6.07, 6.45) is 1.36. The fourth-order valence-electron chi connectivity index (χ4n) is 1.39. The van der Waals surface area contributed by atoms with Crippen molar-refractivity contribution in [1.82, 2.24) is 5.32 Å². The molecule has 1 aliphatic heterocycles. The number of hydrogen-bond acceptors (Lipinski definition) is 1. The topological polar surface area (TPSA) is 12.0 Å². The molecule has 0 radical (unpaired) electrons. The van der Waals surface area contributed by atoms with Crippen molar-refractivity contribution in [1.29, 1.82) is 0 Å². The lowest BCUT2D eigenvalue weighted by atomic mass is 9.80. The molecule has 1 rings (SSSR count). The predicted molar refractivity (Wildman–Crippen MR) is 47.2 cm³/mol. The van der Waals surface area contributed by atoms with Crippen LogP contribution in [0.25, 0.3) is 0 Å². The molecule has 0 amide bonds. The molecule has 1 heterocycles. The van der Waals surface area contributed by atoms with Crippen molar-refractivity contribution in [3.63, 3.8) is 0 Å². The van der Waals surface area contributed by atoms with Crippen LogP contribution in [0, 0.1) is 11.3 Å². The molecule has 1 unspecified atom stereocenters. The largest absolute Gasteiger partial charge is 0.316 e. The van der Waals surface area contributed by atoms with E-state index in [0.717, 1.165) is 5.92 Å². The van der Waals surface area contributed by atoms with Gasteiger partial charge in [0.2, 0.25) is 0 Å². The van der Waals surface area contributed by atoms with Gasteiger partial charge in [0.1, 0.15) is 0 Å². The second-order valence-corrected chi connectivity index (χ2v) is 4.06. The van der Waals surface area contributed by atoms with E-state index in [1.165, 1.54) is 19.5 Å². The van der Waals surface area contributed by atoms with Gasteiger partial charge in [0.25, 0.3) is 0 Å². The molecule has 10 heavy (non-hydrogen) atoms. The molecular weight excluding hydrogens is 122 g/mol. The molecule has 1 fully saturated rings. The van der Waals surface area contributed by atoms with Gasteiger partial charge in [-0.1, -0.05) is 28.2 Å². The van der Waals surface area contributed by atoms with Crippen LogP contribution in [0.2, 0.25) is 0 Å². The van der Waals surface area contributed by atoms with E-state index >= 15 is 0 Å². The van der Waals surface area contributed by atoms with Crippen molar-refractivity contribution in [2.24, 2.45) is 11.3 Å². The number of hydrogen-bond donors (Lipinski definition) is 1. The minimum atomic E-state index is 0. The number of nitrogens with one attached hydrogen (secondary N) is 1. The average Bonchev–Trinajstić information content (AvgIpc) is 2.08. The summed E-state index contributed by atoms with van der Waals surface area (Å²) in [7, 11) is 0. The highest BCUT2D eigenvalue weighted by atomic mass is 14.9. The Morgan fingerprint density at radius 2 is 1.90 bits per heavy atom. The molecule has 0 aliphatic carbocycles. The summed E-state index contributed by atoms with van der Waals surface area (Å²) in [5.74, 6) is 0.900. The normalized spacial score (nSPS) is 26.1. The molecule has 0 aromatic rings. The first-order valence-corrected chi connectivity index (χ1v) is 3.81. The third-order valence-electron chi connectivity index (χ3n) is 2.29. The molecule has 0 aromatic heterocycles. The van der Waals surface area contributed by atoms with E-state index in [2.05, 4.69) is 26.1 Å². The lowest BCUT2D eigenvalue weighted by Gasteiger charge is -2.25. The molecule has 0 bridgehead atoms. The van der Waals surface area contributed by atoms with Crippen molar-refractivity contribution in [2.75, 3.05) is 13.1 Å². The summed E-state index contributed by atoms with van der Waals surface area (Å²) in [5.41, 5.74) is 0.517. The lowest BCUT2D eigenvalue weighted by molar-refractivity contribution is 0.261. The molecule has 0 aromatic carbocycles. The van der Waals surface area contributed by atoms with E-state index in [-0.39, 0.29) is 7.43 Å². The molecule has 1 nitrogen and oxygen atoms in total. The zero-order chi connectivity index (χ0) is 6.91. The molecule has 0 spiro atoms. The van der Waals surface area contributed by atoms with Crippen molar-refractivity contribution in [3.05, 3.63) is 0 Å². The molecule has 1 aliphatic rings. The molecular formula is C9H21N. The number of rotatable bonds is 0. The fraction of sp³-hybridized carbons (Fsp3) is 1.00. The Kier molecular flexibility index (Phi) is 3.37. The van der Waals surface area contributed by atoms with Crippen molar-refractivity contribution >= 4 is 0 Å². The molecule has 1 atom stereocenters. The summed E-state index contributed by atoms with van der Waals surface area (Å²) < 4.78 is 0. The van der Waals surface area contributed by atoms with Crippen LogP contribution in [0.15, 0.2) is 0 Å². The van der Waals surface area contributed by atoms with Crippen molar-refractivity contribution in [2.45, 2.75) is 34.6 Å². The first kappa shape index (κ1) is 9.96. The predicted octanol–water partition coefficient (Wildman–Crippen LogP) is 2.28. The SMILES string of the molecule is C.CC(C)(C)C1CCNC1. The van der Waals surface area contributed by atoms with Gasteiger partial charge in [-0.15, -0.1) is 0 Å². The Bertz CT molecular complexity index is 85.4. The van der Waals surface area contributed by atoms with Crippen LogP contribution < -0.4 is 5.32 Å². The molecule has 1 saturated heterocycles. The molecule has 1 N–H and O–H groups in total. The van der Waals surface area contributed by atoms with Crippen LogP contribution in [0.4, 0.5) is 0 Å². The first-order chi connectivity index (χ1) is 4.11. The third-order valence-corrected chi connectivity index (χ3v) is 2.29. The van der Waals surface area contributed by atoms with Gasteiger partial charge in [0, 0.05) is 0 Å². The quantitative estimate of drug-likeness (QED) is 0.548. The van der Waals surface area contributed by atoms with Crippen LogP contribution >= 0.6 is 0 Å².